The molecule has 0 spiro atoms. The van der Waals surface area contributed by atoms with Crippen LogP contribution in [0.4, 0.5) is 0 Å². The van der Waals surface area contributed by atoms with Gasteiger partial charge in [0.2, 0.25) is 0 Å². The lowest BCUT2D eigenvalue weighted by atomic mass is 9.97. The van der Waals surface area contributed by atoms with Crippen LogP contribution >= 0.6 is 0 Å². The van der Waals surface area contributed by atoms with Crippen molar-refractivity contribution in [3.05, 3.63) is 0 Å². The highest BCUT2D eigenvalue weighted by atomic mass is 16.5. The Balaban J connectivity index is 2.35. The summed E-state index contributed by atoms with van der Waals surface area (Å²) >= 11 is 0. The fourth-order valence-electron chi connectivity index (χ4n) is 2.43. The molecule has 96 valence electrons. The molecule has 0 aromatic rings. The summed E-state index contributed by atoms with van der Waals surface area (Å²) in [4.78, 5) is 2.56. The van der Waals surface area contributed by atoms with Crippen molar-refractivity contribution in [1.82, 2.24) is 10.2 Å². The Labute approximate surface area is 101 Å². The molecule has 1 aliphatic rings. The fourth-order valence-corrected chi connectivity index (χ4v) is 2.43. The third-order valence-corrected chi connectivity index (χ3v) is 3.41. The van der Waals surface area contributed by atoms with Crippen LogP contribution in [0.15, 0.2) is 0 Å². The van der Waals surface area contributed by atoms with Crippen LogP contribution in [0.3, 0.4) is 0 Å². The molecular weight excluding hydrogens is 200 g/mol. The van der Waals surface area contributed by atoms with Crippen LogP contribution in [0.25, 0.3) is 0 Å². The van der Waals surface area contributed by atoms with Crippen molar-refractivity contribution in [1.29, 1.82) is 0 Å². The van der Waals surface area contributed by atoms with Gasteiger partial charge >= 0.3 is 0 Å². The highest BCUT2D eigenvalue weighted by Crippen LogP contribution is 2.17. The van der Waals surface area contributed by atoms with Gasteiger partial charge in [0.05, 0.1) is 6.61 Å². The first-order valence-corrected chi connectivity index (χ1v) is 6.55. The lowest BCUT2D eigenvalue weighted by Gasteiger charge is -2.28. The number of rotatable bonds is 7. The first-order chi connectivity index (χ1) is 7.63. The van der Waals surface area contributed by atoms with Crippen LogP contribution in [0.5, 0.6) is 0 Å². The maximum Gasteiger partial charge on any atom is 0.0589 e. The number of ether oxygens (including phenoxy) is 1. The number of nitrogens with zero attached hydrogens (tertiary/aromatic N) is 1. The summed E-state index contributed by atoms with van der Waals surface area (Å²) in [5.74, 6) is 2.37. The molecule has 0 aliphatic carbocycles. The monoisotopic (exact) mass is 228 g/mol. The highest BCUT2D eigenvalue weighted by Gasteiger charge is 2.25. The summed E-state index contributed by atoms with van der Waals surface area (Å²) < 4.78 is 5.19. The maximum absolute atomic E-state index is 5.19. The molecule has 0 bridgehead atoms. The second-order valence-electron chi connectivity index (χ2n) is 5.54. The molecule has 0 saturated carbocycles. The second kappa shape index (κ2) is 7.25. The zero-order valence-electron chi connectivity index (χ0n) is 11.3. The molecule has 3 heteroatoms. The Morgan fingerprint density at radius 2 is 2.12 bits per heavy atom. The van der Waals surface area contributed by atoms with Gasteiger partial charge in [0.25, 0.3) is 0 Å². The van der Waals surface area contributed by atoms with E-state index in [0.29, 0.717) is 0 Å². The molecule has 1 aliphatic heterocycles. The van der Waals surface area contributed by atoms with Crippen LogP contribution in [0.1, 0.15) is 20.8 Å². The quantitative estimate of drug-likeness (QED) is 0.714. The number of hydrogen-bond acceptors (Lipinski definition) is 3. The van der Waals surface area contributed by atoms with Gasteiger partial charge < -0.3 is 15.0 Å². The smallest absolute Gasteiger partial charge is 0.0589 e. The molecule has 0 amide bonds. The van der Waals surface area contributed by atoms with Gasteiger partial charge in [-0.1, -0.05) is 20.8 Å². The van der Waals surface area contributed by atoms with Crippen LogP contribution in [0, 0.1) is 17.8 Å². The molecule has 1 saturated heterocycles. The Kier molecular flexibility index (Phi) is 6.32. The number of hydrogen-bond donors (Lipinski definition) is 1. The van der Waals surface area contributed by atoms with E-state index in [4.69, 9.17) is 4.74 Å². The van der Waals surface area contributed by atoms with E-state index in [-0.39, 0.29) is 0 Å². The van der Waals surface area contributed by atoms with Gasteiger partial charge in [-0.05, 0) is 30.8 Å². The molecule has 0 aromatic carbocycles. The third kappa shape index (κ3) is 4.81. The largest absolute Gasteiger partial charge is 0.383 e. The first-order valence-electron chi connectivity index (χ1n) is 6.55. The van der Waals surface area contributed by atoms with E-state index in [1.54, 1.807) is 7.11 Å². The van der Waals surface area contributed by atoms with Crippen LogP contribution in [-0.4, -0.2) is 51.3 Å². The Morgan fingerprint density at radius 3 is 2.62 bits per heavy atom. The zero-order chi connectivity index (χ0) is 12.0. The van der Waals surface area contributed by atoms with Gasteiger partial charge in [-0.25, -0.2) is 0 Å². The van der Waals surface area contributed by atoms with Crippen molar-refractivity contribution in [3.63, 3.8) is 0 Å². The average molecular weight is 228 g/mol. The molecule has 0 radical (unpaired) electrons. The van der Waals surface area contributed by atoms with Crippen molar-refractivity contribution in [2.24, 2.45) is 17.8 Å². The van der Waals surface area contributed by atoms with E-state index in [9.17, 15) is 0 Å². The predicted octanol–water partition coefficient (Wildman–Crippen LogP) is 1.45. The first kappa shape index (κ1) is 13.9. The van der Waals surface area contributed by atoms with E-state index >= 15 is 0 Å². The maximum atomic E-state index is 5.19. The van der Waals surface area contributed by atoms with Crippen LogP contribution in [-0.2, 0) is 4.74 Å². The van der Waals surface area contributed by atoms with Crippen molar-refractivity contribution in [2.75, 3.05) is 46.4 Å². The minimum Gasteiger partial charge on any atom is -0.383 e. The lowest BCUT2D eigenvalue weighted by molar-refractivity contribution is 0.125. The van der Waals surface area contributed by atoms with Gasteiger partial charge in [0.1, 0.15) is 0 Å². The summed E-state index contributed by atoms with van der Waals surface area (Å²) in [5, 5.41) is 3.48. The molecule has 1 fully saturated rings. The molecule has 2 atom stereocenters. The summed E-state index contributed by atoms with van der Waals surface area (Å²) in [5.41, 5.74) is 0. The molecule has 1 rings (SSSR count). The Bertz CT molecular complexity index is 185. The minimum atomic E-state index is 0.738. The van der Waals surface area contributed by atoms with Crippen molar-refractivity contribution in [2.45, 2.75) is 20.8 Å². The standard InChI is InChI=1S/C13H28N2O/c1-11(2)9-15(5-6-16-4)10-13-8-14-7-12(13)3/h11-14H,5-10H2,1-4H3/t12-,13+/m1/s1. The summed E-state index contributed by atoms with van der Waals surface area (Å²) in [6, 6.07) is 0. The van der Waals surface area contributed by atoms with Crippen molar-refractivity contribution < 1.29 is 4.74 Å². The van der Waals surface area contributed by atoms with Crippen LogP contribution < -0.4 is 5.32 Å². The van der Waals surface area contributed by atoms with Gasteiger partial charge in [0.15, 0.2) is 0 Å². The molecule has 0 unspecified atom stereocenters. The predicted molar refractivity (Wildman–Crippen MR) is 68.7 cm³/mol. The van der Waals surface area contributed by atoms with Crippen molar-refractivity contribution in [3.8, 4) is 0 Å². The highest BCUT2D eigenvalue weighted by molar-refractivity contribution is 4.80. The Hall–Kier alpha value is -0.120. The second-order valence-corrected chi connectivity index (χ2v) is 5.54. The topological polar surface area (TPSA) is 24.5 Å². The van der Waals surface area contributed by atoms with E-state index in [1.807, 2.05) is 0 Å². The van der Waals surface area contributed by atoms with Gasteiger partial charge in [-0.3, -0.25) is 0 Å². The third-order valence-electron chi connectivity index (χ3n) is 3.41. The normalized spacial score (nSPS) is 25.9. The van der Waals surface area contributed by atoms with E-state index in [2.05, 4.69) is 31.0 Å². The lowest BCUT2D eigenvalue weighted by Crippen LogP contribution is -2.37. The fraction of sp³-hybridized carbons (Fsp3) is 1.00. The molecule has 16 heavy (non-hydrogen) atoms. The van der Waals surface area contributed by atoms with E-state index < -0.39 is 0 Å². The zero-order valence-corrected chi connectivity index (χ0v) is 11.3. The van der Waals surface area contributed by atoms with Crippen molar-refractivity contribution >= 4 is 0 Å². The van der Waals surface area contributed by atoms with Gasteiger partial charge in [-0.15, -0.1) is 0 Å². The SMILES string of the molecule is COCCN(CC(C)C)C[C@@H]1CNC[C@H]1C. The molecule has 3 nitrogen and oxygen atoms in total. The van der Waals surface area contributed by atoms with E-state index in [1.165, 1.54) is 26.2 Å². The van der Waals surface area contributed by atoms with Crippen LogP contribution in [0.2, 0.25) is 0 Å². The summed E-state index contributed by atoms with van der Waals surface area (Å²) in [7, 11) is 1.79. The molecular formula is C13H28N2O. The van der Waals surface area contributed by atoms with Gasteiger partial charge in [0, 0.05) is 26.7 Å². The summed E-state index contributed by atoms with van der Waals surface area (Å²) in [6.07, 6.45) is 0. The Morgan fingerprint density at radius 1 is 1.38 bits per heavy atom. The van der Waals surface area contributed by atoms with Gasteiger partial charge in [-0.2, -0.15) is 0 Å². The minimum absolute atomic E-state index is 0.738. The summed E-state index contributed by atoms with van der Waals surface area (Å²) in [6.45, 7) is 13.6. The number of nitrogens with one attached hydrogen (secondary N) is 1. The van der Waals surface area contributed by atoms with E-state index in [0.717, 1.165) is 30.9 Å². The number of methoxy groups -OCH3 is 1. The molecule has 1 N–H and O–H groups in total. The average Bonchev–Trinajstić information content (AvgIpc) is 2.60. The molecule has 0 aromatic heterocycles. The molecule has 1 heterocycles.